The summed E-state index contributed by atoms with van der Waals surface area (Å²) in [4.78, 5) is 47.2. The molecule has 33 heavy (non-hydrogen) atoms. The van der Waals surface area contributed by atoms with E-state index in [0.29, 0.717) is 35.0 Å². The number of carbonyl (C=O) groups excluding carboxylic acids is 2. The minimum atomic E-state index is -0.391. The number of benzene rings is 1. The number of ether oxygens (including phenoxy) is 1. The molecule has 0 spiro atoms. The topological polar surface area (TPSA) is 113 Å². The molecule has 1 fully saturated rings. The summed E-state index contributed by atoms with van der Waals surface area (Å²) in [6, 6.07) is 1.35. The number of amides is 1. The maximum Gasteiger partial charge on any atom is 0.282 e. The number of aldehydes is 1. The van der Waals surface area contributed by atoms with Crippen LogP contribution in [0.25, 0.3) is 21.4 Å². The van der Waals surface area contributed by atoms with Crippen molar-refractivity contribution >= 4 is 34.5 Å². The first-order valence-corrected chi connectivity index (χ1v) is 11.4. The smallest absolute Gasteiger partial charge is 0.282 e. The predicted molar refractivity (Wildman–Crippen MR) is 125 cm³/mol. The summed E-state index contributed by atoms with van der Waals surface area (Å²) >= 11 is 1.16. The van der Waals surface area contributed by atoms with Gasteiger partial charge < -0.3 is 24.1 Å². The molecule has 0 saturated carbocycles. The van der Waals surface area contributed by atoms with Crippen molar-refractivity contribution in [1.82, 2.24) is 14.8 Å². The van der Waals surface area contributed by atoms with Crippen LogP contribution in [-0.4, -0.2) is 72.4 Å². The third-order valence-corrected chi connectivity index (χ3v) is 7.05. The molecule has 0 aliphatic carbocycles. The van der Waals surface area contributed by atoms with Crippen molar-refractivity contribution in [3.05, 3.63) is 38.3 Å². The Hall–Kier alpha value is -3.24. The number of thiazole rings is 1. The van der Waals surface area contributed by atoms with Crippen LogP contribution in [-0.2, 0) is 0 Å². The minimum absolute atomic E-state index is 0.00488. The highest BCUT2D eigenvalue weighted by Crippen LogP contribution is 2.38. The lowest BCUT2D eigenvalue weighted by molar-refractivity contribution is 0.0762. The van der Waals surface area contributed by atoms with Gasteiger partial charge in [-0.1, -0.05) is 0 Å². The Morgan fingerprint density at radius 2 is 2.03 bits per heavy atom. The lowest BCUT2D eigenvalue weighted by Crippen LogP contribution is -2.34. The largest absolute Gasteiger partial charge is 0.504 e. The highest BCUT2D eigenvalue weighted by atomic mass is 32.1. The van der Waals surface area contributed by atoms with Crippen molar-refractivity contribution in [2.24, 2.45) is 0 Å². The number of aromatic nitrogens is 1. The van der Waals surface area contributed by atoms with Crippen LogP contribution in [0.4, 0.5) is 0 Å². The van der Waals surface area contributed by atoms with Gasteiger partial charge in [0.2, 0.25) is 5.43 Å². The van der Waals surface area contributed by atoms with Crippen LogP contribution in [0.3, 0.4) is 0 Å². The fourth-order valence-corrected chi connectivity index (χ4v) is 5.18. The summed E-state index contributed by atoms with van der Waals surface area (Å²) in [5, 5.41) is 10.7. The van der Waals surface area contributed by atoms with E-state index in [9.17, 15) is 19.5 Å². The molecule has 0 atom stereocenters. The molecule has 1 aliphatic heterocycles. The lowest BCUT2D eigenvalue weighted by atomic mass is 10.0. The van der Waals surface area contributed by atoms with Gasteiger partial charge in [0.15, 0.2) is 28.4 Å². The summed E-state index contributed by atoms with van der Waals surface area (Å²) in [6.07, 6.45) is 1.32. The average molecular weight is 472 g/mol. The van der Waals surface area contributed by atoms with E-state index in [1.807, 2.05) is 7.05 Å². The molecule has 2 aromatic heterocycles. The van der Waals surface area contributed by atoms with E-state index in [-0.39, 0.29) is 45.3 Å². The predicted octanol–water partition coefficient (Wildman–Crippen LogP) is 2.84. The molecular weight excluding hydrogens is 446 g/mol. The number of methoxy groups -OCH3 is 1. The third-order valence-electron chi connectivity index (χ3n) is 5.88. The van der Waals surface area contributed by atoms with Crippen molar-refractivity contribution in [3.63, 3.8) is 0 Å². The normalized spacial score (nSPS) is 15.0. The van der Waals surface area contributed by atoms with Crippen LogP contribution >= 0.6 is 11.3 Å². The first-order valence-electron chi connectivity index (χ1n) is 10.5. The molecule has 4 rings (SSSR count). The number of carbonyl (C=O) groups is 2. The fraction of sp³-hybridized carbons (Fsp3) is 0.391. The van der Waals surface area contributed by atoms with Crippen molar-refractivity contribution in [3.8, 4) is 21.9 Å². The zero-order chi connectivity index (χ0) is 23.9. The average Bonchev–Trinajstić information content (AvgIpc) is 3.02. The standard InChI is InChI=1S/C23H25N3O6S/c1-12-21(33-22(24-12)23(30)26-7-5-6-25(3)8-9-26)17-13(2)32-20-14(19(17)29)10-16(31-4)18(28)15(20)11-27/h10-11,28H,5-9H2,1-4H3. The van der Waals surface area contributed by atoms with Gasteiger partial charge in [-0.15, -0.1) is 11.3 Å². The maximum atomic E-state index is 13.5. The second-order valence-electron chi connectivity index (χ2n) is 8.08. The molecule has 1 aliphatic rings. The SMILES string of the molecule is COc1cc2c(=O)c(-c3sc(C(=O)N4CCCN(C)CC4)nc3C)c(C)oc2c(C=O)c1O. The Morgan fingerprint density at radius 1 is 1.27 bits per heavy atom. The van der Waals surface area contributed by atoms with E-state index in [1.165, 1.54) is 13.2 Å². The first kappa shape index (κ1) is 22.9. The lowest BCUT2D eigenvalue weighted by Gasteiger charge is -2.19. The molecule has 1 aromatic carbocycles. The van der Waals surface area contributed by atoms with Crippen LogP contribution < -0.4 is 10.2 Å². The van der Waals surface area contributed by atoms with Crippen LogP contribution in [0, 0.1) is 13.8 Å². The highest BCUT2D eigenvalue weighted by molar-refractivity contribution is 7.17. The number of rotatable bonds is 4. The van der Waals surface area contributed by atoms with E-state index >= 15 is 0 Å². The van der Waals surface area contributed by atoms with E-state index < -0.39 is 5.43 Å². The third kappa shape index (κ3) is 4.00. The summed E-state index contributed by atoms with van der Waals surface area (Å²) in [7, 11) is 3.37. The van der Waals surface area contributed by atoms with Crippen LogP contribution in [0.1, 0.15) is 38.0 Å². The number of phenols is 1. The maximum absolute atomic E-state index is 13.5. The number of hydrogen-bond acceptors (Lipinski definition) is 9. The summed E-state index contributed by atoms with van der Waals surface area (Å²) < 4.78 is 10.9. The monoisotopic (exact) mass is 471 g/mol. The number of likely N-dealkylation sites (N-methyl/N-ethyl adjacent to an activating group) is 1. The van der Waals surface area contributed by atoms with Crippen molar-refractivity contribution < 1.29 is 23.8 Å². The quantitative estimate of drug-likeness (QED) is 0.578. The fourth-order valence-electron chi connectivity index (χ4n) is 4.06. The van der Waals surface area contributed by atoms with Gasteiger partial charge in [-0.2, -0.15) is 0 Å². The van der Waals surface area contributed by atoms with Gasteiger partial charge in [-0.3, -0.25) is 14.4 Å². The highest BCUT2D eigenvalue weighted by Gasteiger charge is 2.27. The van der Waals surface area contributed by atoms with Gasteiger partial charge in [0.05, 0.1) is 28.6 Å². The van der Waals surface area contributed by atoms with Crippen molar-refractivity contribution in [2.45, 2.75) is 20.3 Å². The molecule has 9 nitrogen and oxygen atoms in total. The number of nitrogens with zero attached hydrogens (tertiary/aromatic N) is 3. The number of phenolic OH excluding ortho intramolecular Hbond substituents is 1. The van der Waals surface area contributed by atoms with Crippen LogP contribution in [0.2, 0.25) is 0 Å². The number of aryl methyl sites for hydroxylation is 2. The second kappa shape index (κ2) is 8.95. The zero-order valence-electron chi connectivity index (χ0n) is 18.9. The zero-order valence-corrected chi connectivity index (χ0v) is 19.7. The number of hydrogen-bond donors (Lipinski definition) is 1. The molecule has 1 amide bonds. The summed E-state index contributed by atoms with van der Waals surface area (Å²) in [5.41, 5.74) is 0.265. The van der Waals surface area contributed by atoms with E-state index in [4.69, 9.17) is 9.15 Å². The van der Waals surface area contributed by atoms with E-state index in [2.05, 4.69) is 9.88 Å². The number of aromatic hydroxyl groups is 1. The van der Waals surface area contributed by atoms with Crippen molar-refractivity contribution in [2.75, 3.05) is 40.3 Å². The van der Waals surface area contributed by atoms with Gasteiger partial charge in [0.1, 0.15) is 11.3 Å². The second-order valence-corrected chi connectivity index (χ2v) is 9.08. The molecule has 1 N–H and O–H groups in total. The molecule has 174 valence electrons. The Bertz CT molecular complexity index is 1310. The van der Waals surface area contributed by atoms with Gasteiger partial charge in [0, 0.05) is 19.6 Å². The number of fused-ring (bicyclic) bond motifs is 1. The molecule has 10 heteroatoms. The molecule has 3 aromatic rings. The van der Waals surface area contributed by atoms with Crippen molar-refractivity contribution in [1.29, 1.82) is 0 Å². The van der Waals surface area contributed by atoms with Gasteiger partial charge >= 0.3 is 0 Å². The molecule has 0 radical (unpaired) electrons. The van der Waals surface area contributed by atoms with E-state index in [0.717, 1.165) is 30.8 Å². The van der Waals surface area contributed by atoms with Gasteiger partial charge in [-0.05, 0) is 39.9 Å². The summed E-state index contributed by atoms with van der Waals surface area (Å²) in [6.45, 7) is 6.37. The van der Waals surface area contributed by atoms with Crippen LogP contribution in [0.15, 0.2) is 15.3 Å². The Morgan fingerprint density at radius 3 is 2.73 bits per heavy atom. The summed E-state index contributed by atoms with van der Waals surface area (Å²) in [5.74, 6) is -0.278. The molecule has 3 heterocycles. The van der Waals surface area contributed by atoms with E-state index in [1.54, 1.807) is 18.7 Å². The Labute approximate surface area is 194 Å². The molecular formula is C23H25N3O6S. The van der Waals surface area contributed by atoms with Gasteiger partial charge in [0.25, 0.3) is 5.91 Å². The minimum Gasteiger partial charge on any atom is -0.504 e. The first-order chi connectivity index (χ1) is 15.8. The molecule has 1 saturated heterocycles. The Balaban J connectivity index is 1.82. The molecule has 0 unspecified atom stereocenters. The van der Waals surface area contributed by atoms with Crippen LogP contribution in [0.5, 0.6) is 11.5 Å². The molecule has 0 bridgehead atoms. The van der Waals surface area contributed by atoms with Gasteiger partial charge in [-0.25, -0.2) is 4.98 Å². The Kier molecular flexibility index (Phi) is 6.22.